The molecule has 0 rings (SSSR count). The number of hydrogen-bond donors (Lipinski definition) is 0. The van der Waals surface area contributed by atoms with Crippen LogP contribution in [0.4, 0.5) is 4.79 Å². The van der Waals surface area contributed by atoms with Crippen LogP contribution in [0, 0.1) is 0 Å². The lowest BCUT2D eigenvalue weighted by atomic mass is 10.1. The highest BCUT2D eigenvalue weighted by atomic mass is 16.2. The monoisotopic (exact) mass is 222 g/mol. The average molecular weight is 222 g/mol. The summed E-state index contributed by atoms with van der Waals surface area (Å²) in [6.45, 7) is 11.3. The van der Waals surface area contributed by atoms with E-state index in [1.54, 1.807) is 0 Å². The normalized spacial score (nSPS) is 10.9. The highest BCUT2D eigenvalue weighted by molar-refractivity contribution is 5.85. The zero-order valence-corrected chi connectivity index (χ0v) is 10.7. The Kier molecular flexibility index (Phi) is 4.96. The fourth-order valence-corrected chi connectivity index (χ4v) is 0.461. The lowest BCUT2D eigenvalue weighted by Crippen LogP contribution is -2.08. The minimum absolute atomic E-state index is 0.299. The molecule has 16 heavy (non-hydrogen) atoms. The van der Waals surface area contributed by atoms with Crippen molar-refractivity contribution in [1.82, 2.24) is 0 Å². The fourth-order valence-electron chi connectivity index (χ4n) is 0.461. The molecule has 5 heteroatoms. The minimum atomic E-state index is -0.707. The van der Waals surface area contributed by atoms with Crippen molar-refractivity contribution < 1.29 is 4.79 Å². The second-order valence-electron chi connectivity index (χ2n) is 5.27. The third-order valence-corrected chi connectivity index (χ3v) is 1.06. The Morgan fingerprint density at radius 2 is 1.12 bits per heavy atom. The number of aliphatic imine (C=N–C) groups is 4. The van der Waals surface area contributed by atoms with Crippen molar-refractivity contribution in [2.45, 2.75) is 52.6 Å². The van der Waals surface area contributed by atoms with Gasteiger partial charge in [-0.15, -0.1) is 9.98 Å². The lowest BCUT2D eigenvalue weighted by Gasteiger charge is -2.06. The summed E-state index contributed by atoms with van der Waals surface area (Å²) in [6, 6.07) is 3.89. The van der Waals surface area contributed by atoms with Crippen molar-refractivity contribution in [2.75, 3.05) is 0 Å². The molecule has 88 valence electrons. The lowest BCUT2D eigenvalue weighted by molar-refractivity contribution is 0.257. The van der Waals surface area contributed by atoms with Gasteiger partial charge in [0.2, 0.25) is 0 Å². The molecular formula is C11H18N4O. The molecule has 0 radical (unpaired) electrons. The summed E-state index contributed by atoms with van der Waals surface area (Å²) in [5.41, 5.74) is -0.597. The van der Waals surface area contributed by atoms with Crippen LogP contribution >= 0.6 is 0 Å². The van der Waals surface area contributed by atoms with Gasteiger partial charge in [-0.25, -0.2) is 14.8 Å². The van der Waals surface area contributed by atoms with Crippen molar-refractivity contribution in [3.63, 3.8) is 0 Å². The predicted octanol–water partition coefficient (Wildman–Crippen LogP) is 3.05. The van der Waals surface area contributed by atoms with Gasteiger partial charge in [0.05, 0.1) is 11.1 Å². The van der Waals surface area contributed by atoms with E-state index in [9.17, 15) is 4.79 Å². The van der Waals surface area contributed by atoms with Gasteiger partial charge in [-0.1, -0.05) is 0 Å². The summed E-state index contributed by atoms with van der Waals surface area (Å²) < 4.78 is 0. The third-order valence-electron chi connectivity index (χ3n) is 1.06. The Morgan fingerprint density at radius 3 is 1.38 bits per heavy atom. The quantitative estimate of drug-likeness (QED) is 0.581. The van der Waals surface area contributed by atoms with E-state index in [0.29, 0.717) is 0 Å². The van der Waals surface area contributed by atoms with Crippen LogP contribution < -0.4 is 0 Å². The molecule has 0 heterocycles. The van der Waals surface area contributed by atoms with E-state index in [2.05, 4.69) is 32.0 Å². The van der Waals surface area contributed by atoms with Gasteiger partial charge >= 0.3 is 6.03 Å². The molecule has 0 aliphatic heterocycles. The van der Waals surface area contributed by atoms with E-state index in [1.807, 2.05) is 41.5 Å². The molecule has 0 N–H and O–H groups in total. The number of carbonyl (C=O) groups excluding carboxylic acids is 1. The molecule has 0 atom stereocenters. The van der Waals surface area contributed by atoms with Crippen LogP contribution in [-0.4, -0.2) is 29.1 Å². The molecule has 0 aromatic carbocycles. The Bertz CT molecular complexity index is 334. The first-order valence-electron chi connectivity index (χ1n) is 4.99. The number of rotatable bonds is 0. The molecule has 0 unspecified atom stereocenters. The maximum Gasteiger partial charge on any atom is 0.386 e. The van der Waals surface area contributed by atoms with Crippen LogP contribution in [0.2, 0.25) is 0 Å². The highest BCUT2D eigenvalue weighted by Crippen LogP contribution is 2.04. The van der Waals surface area contributed by atoms with Crippen LogP contribution in [0.15, 0.2) is 20.0 Å². The molecule has 0 fully saturated rings. The van der Waals surface area contributed by atoms with Crippen LogP contribution in [0.1, 0.15) is 41.5 Å². The number of hydrogen-bond acceptors (Lipinski definition) is 3. The van der Waals surface area contributed by atoms with E-state index in [4.69, 9.17) is 0 Å². The molecule has 0 aromatic rings. The van der Waals surface area contributed by atoms with Crippen molar-refractivity contribution in [2.24, 2.45) is 20.0 Å². The molecular weight excluding hydrogens is 204 g/mol. The molecule has 0 saturated heterocycles. The van der Waals surface area contributed by atoms with Crippen molar-refractivity contribution in [3.05, 3.63) is 0 Å². The van der Waals surface area contributed by atoms with E-state index in [0.717, 1.165) is 0 Å². The van der Waals surface area contributed by atoms with Gasteiger partial charge < -0.3 is 0 Å². The summed E-state index contributed by atoms with van der Waals surface area (Å²) in [4.78, 5) is 25.6. The zero-order chi connectivity index (χ0) is 12.8. The van der Waals surface area contributed by atoms with Gasteiger partial charge in [-0.2, -0.15) is 0 Å². The third kappa shape index (κ3) is 10.5. The largest absolute Gasteiger partial charge is 0.386 e. The van der Waals surface area contributed by atoms with Crippen molar-refractivity contribution in [3.8, 4) is 0 Å². The Balaban J connectivity index is 4.53. The molecule has 0 saturated carbocycles. The summed E-state index contributed by atoms with van der Waals surface area (Å²) >= 11 is 0. The van der Waals surface area contributed by atoms with Gasteiger partial charge in [0, 0.05) is 0 Å². The first kappa shape index (κ1) is 14.4. The van der Waals surface area contributed by atoms with Crippen LogP contribution in [0.25, 0.3) is 0 Å². The summed E-state index contributed by atoms with van der Waals surface area (Å²) in [5, 5.41) is 0. The highest BCUT2D eigenvalue weighted by Gasteiger charge is 2.05. The van der Waals surface area contributed by atoms with E-state index < -0.39 is 6.03 Å². The van der Waals surface area contributed by atoms with Crippen LogP contribution in [0.3, 0.4) is 0 Å². The first-order valence-corrected chi connectivity index (χ1v) is 4.99. The van der Waals surface area contributed by atoms with Crippen molar-refractivity contribution >= 4 is 18.0 Å². The molecule has 0 aromatic heterocycles. The summed E-state index contributed by atoms with van der Waals surface area (Å²) in [6.07, 6.45) is 0. The first-order chi connectivity index (χ1) is 7.10. The maximum absolute atomic E-state index is 11.0. The molecule has 0 aliphatic rings. The van der Waals surface area contributed by atoms with Gasteiger partial charge in [0.25, 0.3) is 0 Å². The Morgan fingerprint density at radius 1 is 0.812 bits per heavy atom. The van der Waals surface area contributed by atoms with E-state index >= 15 is 0 Å². The SMILES string of the molecule is CC(C)(C)N=C=NC(=O)N=C=NC(C)(C)C. The van der Waals surface area contributed by atoms with Crippen LogP contribution in [-0.2, 0) is 0 Å². The van der Waals surface area contributed by atoms with Gasteiger partial charge in [0.15, 0.2) is 0 Å². The van der Waals surface area contributed by atoms with Crippen LogP contribution in [0.5, 0.6) is 0 Å². The standard InChI is InChI=1S/C11H18N4O/c1-10(2,3)14-7-12-9(16)13-8-15-11(4,5)6/h1-6H3. The Hall–Kier alpha value is -1.57. The van der Waals surface area contributed by atoms with Crippen molar-refractivity contribution in [1.29, 1.82) is 0 Å². The molecule has 0 bridgehead atoms. The average Bonchev–Trinajstić information content (AvgIpc) is 1.98. The number of urea groups is 1. The molecule has 5 nitrogen and oxygen atoms in total. The molecule has 2 amide bonds. The Labute approximate surface area is 96.1 Å². The topological polar surface area (TPSA) is 66.5 Å². The molecule has 0 spiro atoms. The van der Waals surface area contributed by atoms with Gasteiger partial charge in [0.1, 0.15) is 12.0 Å². The number of amides is 2. The maximum atomic E-state index is 11.0. The van der Waals surface area contributed by atoms with E-state index in [-0.39, 0.29) is 11.1 Å². The summed E-state index contributed by atoms with van der Waals surface area (Å²) in [5.74, 6) is 0. The second kappa shape index (κ2) is 5.50. The second-order valence-corrected chi connectivity index (χ2v) is 5.27. The minimum Gasteiger partial charge on any atom is -0.242 e. The smallest absolute Gasteiger partial charge is 0.242 e. The fraction of sp³-hybridized carbons (Fsp3) is 0.727. The van der Waals surface area contributed by atoms with E-state index in [1.165, 1.54) is 0 Å². The predicted molar refractivity (Wildman–Crippen MR) is 64.6 cm³/mol. The number of carbonyl (C=O) groups is 1. The zero-order valence-electron chi connectivity index (χ0n) is 10.7. The number of nitrogens with zero attached hydrogens (tertiary/aromatic N) is 4. The van der Waals surface area contributed by atoms with Gasteiger partial charge in [-0.05, 0) is 41.5 Å². The van der Waals surface area contributed by atoms with Gasteiger partial charge in [-0.3, -0.25) is 0 Å². The molecule has 0 aliphatic carbocycles. The summed E-state index contributed by atoms with van der Waals surface area (Å²) in [7, 11) is 0.